The molecular weight excluding hydrogens is 574 g/mol. The van der Waals surface area contributed by atoms with E-state index in [2.05, 4.69) is 55.6 Å². The molecule has 0 rings (SSSR count). The molecule has 3 unspecified atom stereocenters. The van der Waals surface area contributed by atoms with E-state index in [9.17, 15) is 28.0 Å². The Morgan fingerprint density at radius 1 is 0.614 bits per heavy atom. The van der Waals surface area contributed by atoms with Gasteiger partial charge in [-0.05, 0) is 70.6 Å². The summed E-state index contributed by atoms with van der Waals surface area (Å²) in [6.45, 7) is 4.45. The van der Waals surface area contributed by atoms with E-state index in [1.54, 1.807) is 6.08 Å². The molecule has 256 valence electrons. The van der Waals surface area contributed by atoms with Gasteiger partial charge in [0, 0.05) is 0 Å². The summed E-state index contributed by atoms with van der Waals surface area (Å²) < 4.78 is 32.3. The molecule has 3 atom stereocenters. The van der Waals surface area contributed by atoms with E-state index >= 15 is 0 Å². The molecule has 0 spiro atoms. The van der Waals surface area contributed by atoms with Crippen molar-refractivity contribution in [2.75, 3.05) is 5.75 Å². The Labute approximate surface area is 270 Å². The molecule has 0 heterocycles. The van der Waals surface area contributed by atoms with Gasteiger partial charge in [-0.1, -0.05) is 127 Å². The first-order valence-corrected chi connectivity index (χ1v) is 19.1. The number of nitrogens with one attached hydrogen (secondary N) is 1. The third-order valence-electron chi connectivity index (χ3n) is 7.56. The molecule has 0 aliphatic rings. The molecule has 0 aromatic carbocycles. The molecule has 0 saturated carbocycles. The second kappa shape index (κ2) is 29.9. The zero-order valence-electron chi connectivity index (χ0n) is 27.9. The molecule has 0 aromatic rings. The van der Waals surface area contributed by atoms with Crippen molar-refractivity contribution in [3.05, 3.63) is 48.6 Å². The summed E-state index contributed by atoms with van der Waals surface area (Å²) in [5.41, 5.74) is 0. The van der Waals surface area contributed by atoms with Crippen LogP contribution >= 0.6 is 0 Å². The number of unbranched alkanes of at least 4 members (excludes halogenated alkanes) is 15. The summed E-state index contributed by atoms with van der Waals surface area (Å²) in [6.07, 6.45) is 36.0. The van der Waals surface area contributed by atoms with Gasteiger partial charge >= 0.3 is 0 Å². The van der Waals surface area contributed by atoms with E-state index in [1.807, 2.05) is 0 Å². The van der Waals surface area contributed by atoms with E-state index in [0.29, 0.717) is 12.8 Å². The number of rotatable bonds is 30. The average Bonchev–Trinajstić information content (AvgIpc) is 2.98. The van der Waals surface area contributed by atoms with Gasteiger partial charge in [-0.15, -0.1) is 0 Å². The van der Waals surface area contributed by atoms with E-state index in [1.165, 1.54) is 76.7 Å². The highest BCUT2D eigenvalue weighted by atomic mass is 32.2. The summed E-state index contributed by atoms with van der Waals surface area (Å²) in [7, 11) is -4.45. The van der Waals surface area contributed by atoms with Crippen LogP contribution in [0.2, 0.25) is 0 Å². The number of hydrogen-bond acceptors (Lipinski definition) is 5. The Morgan fingerprint density at radius 2 is 1.02 bits per heavy atom. The second-order valence-electron chi connectivity index (χ2n) is 11.9. The van der Waals surface area contributed by atoms with Crippen LogP contribution in [-0.4, -0.2) is 53.1 Å². The zero-order valence-corrected chi connectivity index (χ0v) is 28.7. The van der Waals surface area contributed by atoms with Crippen molar-refractivity contribution < 1.29 is 28.0 Å². The van der Waals surface area contributed by atoms with E-state index in [4.69, 9.17) is 0 Å². The number of aliphatic hydroxyl groups is 2. The van der Waals surface area contributed by atoms with Gasteiger partial charge in [0.2, 0.25) is 5.91 Å². The zero-order chi connectivity index (χ0) is 32.7. The highest BCUT2D eigenvalue weighted by Gasteiger charge is 2.27. The smallest absolute Gasteiger partial charge is 0.267 e. The number of aliphatic hydroxyl groups excluding tert-OH is 2. The van der Waals surface area contributed by atoms with Gasteiger partial charge in [0.15, 0.2) is 0 Å². The highest BCUT2D eigenvalue weighted by Crippen LogP contribution is 2.10. The van der Waals surface area contributed by atoms with Crippen molar-refractivity contribution in [3.63, 3.8) is 0 Å². The lowest BCUT2D eigenvalue weighted by Crippen LogP contribution is -2.50. The molecule has 0 radical (unpaired) electrons. The fourth-order valence-electron chi connectivity index (χ4n) is 4.83. The Morgan fingerprint density at radius 3 is 1.50 bits per heavy atom. The minimum atomic E-state index is -4.45. The molecule has 0 fully saturated rings. The quantitative estimate of drug-likeness (QED) is 0.0355. The normalized spacial score (nSPS) is 14.8. The summed E-state index contributed by atoms with van der Waals surface area (Å²) in [4.78, 5) is 12.5. The fraction of sp³-hybridized carbons (Fsp3) is 0.750. The van der Waals surface area contributed by atoms with Crippen molar-refractivity contribution in [2.24, 2.45) is 0 Å². The van der Waals surface area contributed by atoms with Crippen LogP contribution in [0.15, 0.2) is 48.6 Å². The van der Waals surface area contributed by atoms with Crippen LogP contribution in [-0.2, 0) is 14.9 Å². The van der Waals surface area contributed by atoms with E-state index in [-0.39, 0.29) is 6.42 Å². The first kappa shape index (κ1) is 42.3. The molecule has 0 aliphatic carbocycles. The first-order chi connectivity index (χ1) is 21.2. The summed E-state index contributed by atoms with van der Waals surface area (Å²) in [6, 6.07) is -1.26. The lowest BCUT2D eigenvalue weighted by Gasteiger charge is -2.22. The van der Waals surface area contributed by atoms with Gasteiger partial charge in [-0.25, -0.2) is 0 Å². The Kier molecular flexibility index (Phi) is 28.8. The number of allylic oxidation sites excluding steroid dienone is 7. The summed E-state index contributed by atoms with van der Waals surface area (Å²) in [5, 5.41) is 23.2. The van der Waals surface area contributed by atoms with Crippen LogP contribution in [0.1, 0.15) is 149 Å². The number of carbonyl (C=O) groups is 1. The molecule has 8 heteroatoms. The van der Waals surface area contributed by atoms with Crippen LogP contribution in [0.3, 0.4) is 0 Å². The Balaban J connectivity index is 4.30. The van der Waals surface area contributed by atoms with Gasteiger partial charge < -0.3 is 15.5 Å². The SMILES string of the molecule is CCCCCCC/C=C/CC/C=C/CC/C=C/C(O)C(CS(=O)(=O)O)NC(=O)C(O)CCCC/C=C\CCCCCCCC. The van der Waals surface area contributed by atoms with Crippen molar-refractivity contribution in [1.29, 1.82) is 0 Å². The summed E-state index contributed by atoms with van der Waals surface area (Å²) >= 11 is 0. The fourth-order valence-corrected chi connectivity index (χ4v) is 5.57. The van der Waals surface area contributed by atoms with Gasteiger partial charge in [0.25, 0.3) is 10.1 Å². The Hall–Kier alpha value is -1.74. The third kappa shape index (κ3) is 29.0. The molecule has 0 bridgehead atoms. The molecule has 0 saturated heterocycles. The maximum Gasteiger partial charge on any atom is 0.267 e. The number of hydrogen-bond donors (Lipinski definition) is 4. The van der Waals surface area contributed by atoms with Crippen LogP contribution in [0.25, 0.3) is 0 Å². The molecule has 0 aliphatic heterocycles. The predicted octanol–water partition coefficient (Wildman–Crippen LogP) is 8.54. The maximum absolute atomic E-state index is 12.5. The number of carbonyl (C=O) groups excluding carboxylic acids is 1. The lowest BCUT2D eigenvalue weighted by molar-refractivity contribution is -0.130. The van der Waals surface area contributed by atoms with E-state index in [0.717, 1.165) is 44.9 Å². The van der Waals surface area contributed by atoms with Gasteiger partial charge in [-0.3, -0.25) is 9.35 Å². The molecule has 4 N–H and O–H groups in total. The van der Waals surface area contributed by atoms with Crippen LogP contribution in [0.4, 0.5) is 0 Å². The van der Waals surface area contributed by atoms with Crippen LogP contribution in [0, 0.1) is 0 Å². The monoisotopic (exact) mass is 639 g/mol. The van der Waals surface area contributed by atoms with Crippen molar-refractivity contribution in [2.45, 2.75) is 167 Å². The molecule has 7 nitrogen and oxygen atoms in total. The number of amides is 1. The Bertz CT molecular complexity index is 896. The predicted molar refractivity (Wildman–Crippen MR) is 185 cm³/mol. The maximum atomic E-state index is 12.5. The van der Waals surface area contributed by atoms with Gasteiger partial charge in [-0.2, -0.15) is 8.42 Å². The highest BCUT2D eigenvalue weighted by molar-refractivity contribution is 7.85. The van der Waals surface area contributed by atoms with Crippen LogP contribution < -0.4 is 5.32 Å². The first-order valence-electron chi connectivity index (χ1n) is 17.4. The van der Waals surface area contributed by atoms with E-state index < -0.39 is 40.0 Å². The second-order valence-corrected chi connectivity index (χ2v) is 13.4. The minimum absolute atomic E-state index is 0.239. The largest absolute Gasteiger partial charge is 0.387 e. The van der Waals surface area contributed by atoms with Crippen molar-refractivity contribution in [1.82, 2.24) is 5.32 Å². The topological polar surface area (TPSA) is 124 Å². The standard InChI is InChI=1S/C36H65NO6S/c1-3-5-7-9-11-13-15-17-18-19-21-22-24-26-28-30-34(38)33(32-44(41,42)43)37-36(40)35(39)31-29-27-25-23-20-16-14-12-10-8-6-4-2/h15,17,20-23,28,30,33-35,38-39H,3-14,16,18-19,24-27,29,31-32H2,1-2H3,(H,37,40)(H,41,42,43)/b17-15+,22-21+,23-20-,30-28+. The van der Waals surface area contributed by atoms with Gasteiger partial charge in [0.05, 0.1) is 17.9 Å². The minimum Gasteiger partial charge on any atom is -0.387 e. The van der Waals surface area contributed by atoms with Crippen LogP contribution in [0.5, 0.6) is 0 Å². The average molecular weight is 640 g/mol. The molecule has 1 amide bonds. The summed E-state index contributed by atoms with van der Waals surface area (Å²) in [5.74, 6) is -1.59. The molecule has 44 heavy (non-hydrogen) atoms. The van der Waals surface area contributed by atoms with Crippen molar-refractivity contribution in [3.8, 4) is 0 Å². The molecular formula is C36H65NO6S. The van der Waals surface area contributed by atoms with Crippen molar-refractivity contribution >= 4 is 16.0 Å². The van der Waals surface area contributed by atoms with Gasteiger partial charge in [0.1, 0.15) is 6.10 Å². The lowest BCUT2D eigenvalue weighted by atomic mass is 10.1. The molecule has 0 aromatic heterocycles. The third-order valence-corrected chi connectivity index (χ3v) is 8.34.